The summed E-state index contributed by atoms with van der Waals surface area (Å²) in [4.78, 5) is 14.1. The van der Waals surface area contributed by atoms with Crippen LogP contribution in [0.15, 0.2) is 24.3 Å². The summed E-state index contributed by atoms with van der Waals surface area (Å²) in [6.45, 7) is 6.97. The van der Waals surface area contributed by atoms with Gasteiger partial charge in [-0.1, -0.05) is 39.3 Å². The van der Waals surface area contributed by atoms with Gasteiger partial charge in [0.25, 0.3) is 5.91 Å². The predicted octanol–water partition coefficient (Wildman–Crippen LogP) is 5.28. The number of carbonyl (C=O) groups excluding carboxylic acids is 1. The molecule has 1 aromatic carbocycles. The molecule has 0 saturated heterocycles. The number of rotatable bonds is 3. The molecule has 0 spiro atoms. The molecule has 1 aliphatic carbocycles. The Hall–Kier alpha value is -1.88. The van der Waals surface area contributed by atoms with E-state index in [9.17, 15) is 9.18 Å². The predicted molar refractivity (Wildman–Crippen MR) is 104 cm³/mol. The zero-order chi connectivity index (χ0) is 18.5. The monoisotopic (exact) mass is 372 g/mol. The SMILES string of the molecule is CCC(C)(C)[C@H]1CCc2c(sc3c2C(=O)N[C@H](c2ccc(F)cc2)N3)C1. The molecule has 4 rings (SSSR count). The van der Waals surface area contributed by atoms with E-state index in [0.717, 1.165) is 35.4 Å². The van der Waals surface area contributed by atoms with Crippen LogP contribution in [-0.2, 0) is 12.8 Å². The normalized spacial score (nSPS) is 22.2. The van der Waals surface area contributed by atoms with Gasteiger partial charge in [0.1, 0.15) is 17.0 Å². The Morgan fingerprint density at radius 1 is 1.23 bits per heavy atom. The van der Waals surface area contributed by atoms with Crippen molar-refractivity contribution in [2.75, 3.05) is 5.32 Å². The van der Waals surface area contributed by atoms with E-state index in [1.54, 1.807) is 23.5 Å². The summed E-state index contributed by atoms with van der Waals surface area (Å²) in [5, 5.41) is 7.44. The summed E-state index contributed by atoms with van der Waals surface area (Å²) in [5.41, 5.74) is 3.25. The maximum absolute atomic E-state index is 13.2. The number of anilines is 1. The van der Waals surface area contributed by atoms with Gasteiger partial charge < -0.3 is 10.6 Å². The second-order valence-corrected chi connectivity index (χ2v) is 9.20. The molecule has 138 valence electrons. The Balaban J connectivity index is 1.63. The number of thiophene rings is 1. The maximum atomic E-state index is 13.2. The molecule has 1 amide bonds. The first-order chi connectivity index (χ1) is 12.4. The van der Waals surface area contributed by atoms with Crippen LogP contribution < -0.4 is 10.6 Å². The van der Waals surface area contributed by atoms with Gasteiger partial charge in [0.05, 0.1) is 5.56 Å². The van der Waals surface area contributed by atoms with Crippen molar-refractivity contribution in [3.63, 3.8) is 0 Å². The minimum Gasteiger partial charge on any atom is -0.353 e. The minimum atomic E-state index is -0.307. The van der Waals surface area contributed by atoms with Crippen molar-refractivity contribution < 1.29 is 9.18 Å². The minimum absolute atomic E-state index is 0.0150. The van der Waals surface area contributed by atoms with Gasteiger partial charge in [0.15, 0.2) is 0 Å². The topological polar surface area (TPSA) is 41.1 Å². The van der Waals surface area contributed by atoms with E-state index in [-0.39, 0.29) is 17.9 Å². The van der Waals surface area contributed by atoms with E-state index in [1.165, 1.54) is 29.0 Å². The van der Waals surface area contributed by atoms with Gasteiger partial charge in [-0.25, -0.2) is 4.39 Å². The van der Waals surface area contributed by atoms with Crippen LogP contribution >= 0.6 is 11.3 Å². The van der Waals surface area contributed by atoms with Crippen molar-refractivity contribution in [3.05, 3.63) is 51.7 Å². The quantitative estimate of drug-likeness (QED) is 0.769. The number of hydrogen-bond donors (Lipinski definition) is 2. The van der Waals surface area contributed by atoms with E-state index in [1.807, 2.05) is 0 Å². The molecule has 1 aliphatic heterocycles. The molecule has 2 aliphatic rings. The molecule has 2 atom stereocenters. The summed E-state index contributed by atoms with van der Waals surface area (Å²) in [6, 6.07) is 6.28. The Morgan fingerprint density at radius 3 is 2.65 bits per heavy atom. The van der Waals surface area contributed by atoms with Crippen LogP contribution in [0.25, 0.3) is 0 Å². The molecule has 0 fully saturated rings. The summed E-state index contributed by atoms with van der Waals surface area (Å²) in [6.07, 6.45) is 4.05. The molecule has 0 bridgehead atoms. The summed E-state index contributed by atoms with van der Waals surface area (Å²) in [5.74, 6) is 0.377. The molecule has 2 heterocycles. The number of carbonyl (C=O) groups is 1. The number of halogens is 1. The highest BCUT2D eigenvalue weighted by Crippen LogP contribution is 2.46. The van der Waals surface area contributed by atoms with Crippen molar-refractivity contribution in [2.24, 2.45) is 11.3 Å². The van der Waals surface area contributed by atoms with Gasteiger partial charge in [0.2, 0.25) is 0 Å². The summed E-state index contributed by atoms with van der Waals surface area (Å²) < 4.78 is 13.2. The number of amides is 1. The third kappa shape index (κ3) is 2.92. The highest BCUT2D eigenvalue weighted by molar-refractivity contribution is 7.16. The number of fused-ring (bicyclic) bond motifs is 3. The van der Waals surface area contributed by atoms with Gasteiger partial charge >= 0.3 is 0 Å². The lowest BCUT2D eigenvalue weighted by molar-refractivity contribution is 0.0934. The molecular weight excluding hydrogens is 347 g/mol. The van der Waals surface area contributed by atoms with Gasteiger partial charge in [-0.3, -0.25) is 4.79 Å². The summed E-state index contributed by atoms with van der Waals surface area (Å²) >= 11 is 1.73. The highest BCUT2D eigenvalue weighted by Gasteiger charge is 2.37. The van der Waals surface area contributed by atoms with E-state index < -0.39 is 0 Å². The van der Waals surface area contributed by atoms with Crippen LogP contribution in [0.3, 0.4) is 0 Å². The van der Waals surface area contributed by atoms with E-state index in [0.29, 0.717) is 11.3 Å². The second kappa shape index (κ2) is 6.38. The fourth-order valence-electron chi connectivity index (χ4n) is 4.08. The van der Waals surface area contributed by atoms with Crippen molar-refractivity contribution in [1.82, 2.24) is 5.32 Å². The van der Waals surface area contributed by atoms with Crippen LogP contribution in [0.2, 0.25) is 0 Å². The molecule has 1 aromatic heterocycles. The average Bonchev–Trinajstić information content (AvgIpc) is 3.00. The molecular formula is C21H25FN2OS. The zero-order valence-corrected chi connectivity index (χ0v) is 16.3. The van der Waals surface area contributed by atoms with E-state index in [4.69, 9.17) is 0 Å². The molecule has 3 nitrogen and oxygen atoms in total. The molecule has 0 saturated carbocycles. The molecule has 0 unspecified atom stereocenters. The van der Waals surface area contributed by atoms with E-state index >= 15 is 0 Å². The fourth-order valence-corrected chi connectivity index (χ4v) is 5.43. The van der Waals surface area contributed by atoms with Crippen molar-refractivity contribution >= 4 is 22.2 Å². The first-order valence-corrected chi connectivity index (χ1v) is 10.2. The van der Waals surface area contributed by atoms with Crippen molar-refractivity contribution in [1.29, 1.82) is 0 Å². The standard InChI is InChI=1S/C21H25FN2OS/c1-4-21(2,3)13-7-10-15-16(11-13)26-20-17(15)19(25)23-18(24-20)12-5-8-14(22)9-6-12/h5-6,8-9,13,18,24H,4,7,10-11H2,1-3H3,(H,23,25)/t13-,18-/m0/s1. The van der Waals surface area contributed by atoms with Gasteiger partial charge in [-0.2, -0.15) is 0 Å². The van der Waals surface area contributed by atoms with Gasteiger partial charge in [-0.05, 0) is 53.9 Å². The first kappa shape index (κ1) is 17.5. The second-order valence-electron chi connectivity index (χ2n) is 8.09. The Bertz CT molecular complexity index is 840. The van der Waals surface area contributed by atoms with E-state index in [2.05, 4.69) is 31.4 Å². The lowest BCUT2D eigenvalue weighted by Gasteiger charge is -2.36. The lowest BCUT2D eigenvalue weighted by atomic mass is 9.69. The lowest BCUT2D eigenvalue weighted by Crippen LogP contribution is -2.38. The highest BCUT2D eigenvalue weighted by atomic mass is 32.1. The Morgan fingerprint density at radius 2 is 1.96 bits per heavy atom. The smallest absolute Gasteiger partial charge is 0.256 e. The Kier molecular flexibility index (Phi) is 4.30. The van der Waals surface area contributed by atoms with Crippen molar-refractivity contribution in [3.8, 4) is 0 Å². The third-order valence-electron chi connectivity index (χ3n) is 6.26. The first-order valence-electron chi connectivity index (χ1n) is 9.36. The number of benzene rings is 1. The fraction of sp³-hybridized carbons (Fsp3) is 0.476. The molecule has 0 radical (unpaired) electrons. The van der Waals surface area contributed by atoms with Gasteiger partial charge in [0, 0.05) is 4.88 Å². The van der Waals surface area contributed by atoms with Crippen LogP contribution in [0.5, 0.6) is 0 Å². The molecule has 2 N–H and O–H groups in total. The molecule has 26 heavy (non-hydrogen) atoms. The third-order valence-corrected chi connectivity index (χ3v) is 7.45. The molecule has 5 heteroatoms. The van der Waals surface area contributed by atoms with Crippen molar-refractivity contribution in [2.45, 2.75) is 52.6 Å². The Labute approximate surface area is 158 Å². The van der Waals surface area contributed by atoms with Crippen LogP contribution in [-0.4, -0.2) is 5.91 Å². The number of nitrogens with one attached hydrogen (secondary N) is 2. The average molecular weight is 373 g/mol. The van der Waals surface area contributed by atoms with Crippen LogP contribution in [0.4, 0.5) is 9.39 Å². The van der Waals surface area contributed by atoms with Crippen LogP contribution in [0.1, 0.15) is 66.1 Å². The molecule has 2 aromatic rings. The van der Waals surface area contributed by atoms with Crippen LogP contribution in [0, 0.1) is 17.2 Å². The van der Waals surface area contributed by atoms with Gasteiger partial charge in [-0.15, -0.1) is 11.3 Å². The largest absolute Gasteiger partial charge is 0.353 e. The number of hydrogen-bond acceptors (Lipinski definition) is 3. The summed E-state index contributed by atoms with van der Waals surface area (Å²) in [7, 11) is 0. The zero-order valence-electron chi connectivity index (χ0n) is 15.5. The maximum Gasteiger partial charge on any atom is 0.256 e.